The van der Waals surface area contributed by atoms with E-state index < -0.39 is 0 Å². The second kappa shape index (κ2) is 9.67. The van der Waals surface area contributed by atoms with Gasteiger partial charge in [0.25, 0.3) is 0 Å². The molecule has 0 aliphatic rings. The summed E-state index contributed by atoms with van der Waals surface area (Å²) in [4.78, 5) is 16.1. The van der Waals surface area contributed by atoms with Gasteiger partial charge in [-0.3, -0.25) is 9.88 Å². The summed E-state index contributed by atoms with van der Waals surface area (Å²) >= 11 is 13.3. The van der Waals surface area contributed by atoms with Crippen molar-refractivity contribution >= 4 is 45.0 Å². The zero-order chi connectivity index (χ0) is 23.7. The summed E-state index contributed by atoms with van der Waals surface area (Å²) in [5.74, 6) is 0. The number of pyridine rings is 3. The van der Waals surface area contributed by atoms with Gasteiger partial charge in [-0.05, 0) is 62.4 Å². The zero-order valence-electron chi connectivity index (χ0n) is 19.1. The number of hydrogen-bond acceptors (Lipinski definition) is 4. The summed E-state index contributed by atoms with van der Waals surface area (Å²) in [5.41, 5.74) is 7.09. The van der Waals surface area contributed by atoms with Gasteiger partial charge in [0.2, 0.25) is 0 Å². The predicted octanol–water partition coefficient (Wildman–Crippen LogP) is 7.30. The van der Waals surface area contributed by atoms with Gasteiger partial charge in [0, 0.05) is 47.7 Å². The average Bonchev–Trinajstić information content (AvgIpc) is 2.81. The number of halogens is 2. The highest BCUT2D eigenvalue weighted by atomic mass is 35.5. The van der Waals surface area contributed by atoms with Crippen LogP contribution in [0.1, 0.15) is 27.9 Å². The molecule has 0 saturated carbocycles. The molecule has 0 aliphatic heterocycles. The molecule has 0 spiro atoms. The Balaban J connectivity index is 1.51. The third-order valence-corrected chi connectivity index (χ3v) is 6.55. The molecule has 0 bridgehead atoms. The summed E-state index contributed by atoms with van der Waals surface area (Å²) in [7, 11) is 0. The normalized spacial score (nSPS) is 11.6. The molecular formula is C28H24Cl2N4. The van der Waals surface area contributed by atoms with Crippen molar-refractivity contribution < 1.29 is 0 Å². The molecule has 3 heterocycles. The number of benzene rings is 2. The van der Waals surface area contributed by atoms with E-state index in [1.54, 1.807) is 0 Å². The summed E-state index contributed by atoms with van der Waals surface area (Å²) in [5, 5.41) is 3.19. The minimum atomic E-state index is 0.515. The Morgan fingerprint density at radius 3 is 1.74 bits per heavy atom. The number of aryl methyl sites for hydroxylation is 2. The highest BCUT2D eigenvalue weighted by Gasteiger charge is 2.16. The second-order valence-corrected chi connectivity index (χ2v) is 9.45. The molecule has 6 heteroatoms. The maximum atomic E-state index is 6.63. The van der Waals surface area contributed by atoms with Crippen LogP contribution in [0.2, 0.25) is 10.3 Å². The topological polar surface area (TPSA) is 41.9 Å². The molecule has 2 aromatic carbocycles. The van der Waals surface area contributed by atoms with E-state index in [-0.39, 0.29) is 0 Å². The molecule has 0 fully saturated rings. The first-order valence-electron chi connectivity index (χ1n) is 11.2. The van der Waals surface area contributed by atoms with Gasteiger partial charge in [-0.1, -0.05) is 52.5 Å². The lowest BCUT2D eigenvalue weighted by Crippen LogP contribution is -2.23. The fourth-order valence-corrected chi connectivity index (χ4v) is 4.64. The van der Waals surface area contributed by atoms with E-state index in [2.05, 4.69) is 70.1 Å². The highest BCUT2D eigenvalue weighted by molar-refractivity contribution is 6.31. The Labute approximate surface area is 209 Å². The van der Waals surface area contributed by atoms with Crippen LogP contribution in [-0.4, -0.2) is 19.9 Å². The number of nitrogens with zero attached hydrogens (tertiary/aromatic N) is 4. The maximum Gasteiger partial charge on any atom is 0.134 e. The van der Waals surface area contributed by atoms with Gasteiger partial charge in [0.1, 0.15) is 10.3 Å². The third-order valence-electron chi connectivity index (χ3n) is 5.89. The maximum absolute atomic E-state index is 6.63. The molecule has 34 heavy (non-hydrogen) atoms. The van der Waals surface area contributed by atoms with E-state index >= 15 is 0 Å². The van der Waals surface area contributed by atoms with Crippen molar-refractivity contribution in [3.05, 3.63) is 111 Å². The summed E-state index contributed by atoms with van der Waals surface area (Å²) in [6.45, 7) is 6.02. The SMILES string of the molecule is Cc1ccc2nc(Cl)c(CN(Cc3ccccn3)Cc3cc4cc(C)ccc4nc3Cl)cc2c1. The molecule has 0 radical (unpaired) electrons. The molecular weight excluding hydrogens is 463 g/mol. The van der Waals surface area contributed by atoms with E-state index in [9.17, 15) is 0 Å². The number of aromatic nitrogens is 3. The van der Waals surface area contributed by atoms with Crippen molar-refractivity contribution in [2.24, 2.45) is 0 Å². The van der Waals surface area contributed by atoms with Crippen LogP contribution in [0.25, 0.3) is 21.8 Å². The first-order valence-corrected chi connectivity index (χ1v) is 11.9. The molecule has 0 aliphatic carbocycles. The molecule has 3 aromatic heterocycles. The van der Waals surface area contributed by atoms with Crippen LogP contribution in [0, 0.1) is 13.8 Å². The molecule has 0 saturated heterocycles. The van der Waals surface area contributed by atoms with Crippen molar-refractivity contribution in [2.45, 2.75) is 33.5 Å². The van der Waals surface area contributed by atoms with Crippen LogP contribution >= 0.6 is 23.2 Å². The van der Waals surface area contributed by atoms with Gasteiger partial charge >= 0.3 is 0 Å². The quantitative estimate of drug-likeness (QED) is 0.236. The Bertz CT molecular complexity index is 1390. The minimum Gasteiger partial charge on any atom is -0.289 e. The van der Waals surface area contributed by atoms with Crippen molar-refractivity contribution in [1.29, 1.82) is 0 Å². The van der Waals surface area contributed by atoms with Crippen LogP contribution < -0.4 is 0 Å². The predicted molar refractivity (Wildman–Crippen MR) is 140 cm³/mol. The molecule has 5 rings (SSSR count). The summed E-state index contributed by atoms with van der Waals surface area (Å²) in [6.07, 6.45) is 1.81. The van der Waals surface area contributed by atoms with Crippen LogP contribution in [-0.2, 0) is 19.6 Å². The van der Waals surface area contributed by atoms with Crippen molar-refractivity contribution in [3.8, 4) is 0 Å². The van der Waals surface area contributed by atoms with Crippen LogP contribution in [0.3, 0.4) is 0 Å². The van der Waals surface area contributed by atoms with Crippen LogP contribution in [0.15, 0.2) is 72.9 Å². The average molecular weight is 487 g/mol. The van der Waals surface area contributed by atoms with Gasteiger partial charge in [0.05, 0.1) is 16.7 Å². The van der Waals surface area contributed by atoms with E-state index in [0.717, 1.165) is 38.6 Å². The molecule has 0 atom stereocenters. The van der Waals surface area contributed by atoms with Crippen LogP contribution in [0.4, 0.5) is 0 Å². The van der Waals surface area contributed by atoms with Gasteiger partial charge in [-0.2, -0.15) is 0 Å². The van der Waals surface area contributed by atoms with E-state index in [4.69, 9.17) is 23.2 Å². The Morgan fingerprint density at radius 2 is 1.24 bits per heavy atom. The van der Waals surface area contributed by atoms with Gasteiger partial charge in [-0.25, -0.2) is 9.97 Å². The first kappa shape index (κ1) is 22.7. The van der Waals surface area contributed by atoms with Gasteiger partial charge in [0.15, 0.2) is 0 Å². The Morgan fingerprint density at radius 1 is 0.676 bits per heavy atom. The number of rotatable bonds is 6. The monoisotopic (exact) mass is 486 g/mol. The Kier molecular flexibility index (Phi) is 6.46. The zero-order valence-corrected chi connectivity index (χ0v) is 20.6. The third kappa shape index (κ3) is 5.05. The van der Waals surface area contributed by atoms with Crippen molar-refractivity contribution in [2.75, 3.05) is 0 Å². The second-order valence-electron chi connectivity index (χ2n) is 8.74. The van der Waals surface area contributed by atoms with Gasteiger partial charge < -0.3 is 0 Å². The standard InChI is InChI=1S/C28H24Cl2N4/c1-18-6-8-25-20(11-18)13-22(27(29)32-25)15-34(17-24-5-3-4-10-31-24)16-23-14-21-12-19(2)7-9-26(21)33-28(23)30/h3-14H,15-17H2,1-2H3. The first-order chi connectivity index (χ1) is 16.4. The smallest absolute Gasteiger partial charge is 0.134 e. The van der Waals surface area contributed by atoms with Crippen molar-refractivity contribution in [1.82, 2.24) is 19.9 Å². The fraction of sp³-hybridized carbons (Fsp3) is 0.179. The molecule has 0 amide bonds. The number of hydrogen-bond donors (Lipinski definition) is 0. The van der Waals surface area contributed by atoms with Gasteiger partial charge in [-0.15, -0.1) is 0 Å². The minimum absolute atomic E-state index is 0.515. The van der Waals surface area contributed by atoms with E-state index in [0.29, 0.717) is 29.9 Å². The van der Waals surface area contributed by atoms with Crippen LogP contribution in [0.5, 0.6) is 0 Å². The molecule has 170 valence electrons. The molecule has 0 N–H and O–H groups in total. The largest absolute Gasteiger partial charge is 0.289 e. The van der Waals surface area contributed by atoms with Crippen molar-refractivity contribution in [3.63, 3.8) is 0 Å². The van der Waals surface area contributed by atoms with E-state index in [1.807, 2.05) is 36.5 Å². The Hall–Kier alpha value is -3.05. The lowest BCUT2D eigenvalue weighted by molar-refractivity contribution is 0.244. The van der Waals surface area contributed by atoms with E-state index in [1.165, 1.54) is 11.1 Å². The lowest BCUT2D eigenvalue weighted by atomic mass is 10.1. The summed E-state index contributed by atoms with van der Waals surface area (Å²) in [6, 6.07) is 22.6. The highest BCUT2D eigenvalue weighted by Crippen LogP contribution is 2.27. The molecule has 4 nitrogen and oxygen atoms in total. The molecule has 0 unspecified atom stereocenters. The summed E-state index contributed by atoms with van der Waals surface area (Å²) < 4.78 is 0. The lowest BCUT2D eigenvalue weighted by Gasteiger charge is -2.23. The fourth-order valence-electron chi connectivity index (χ4n) is 4.22. The molecule has 5 aromatic rings. The number of fused-ring (bicyclic) bond motifs is 2.